The van der Waals surface area contributed by atoms with Crippen LogP contribution in [0.2, 0.25) is 0 Å². The van der Waals surface area contributed by atoms with E-state index in [0.29, 0.717) is 95.7 Å². The van der Waals surface area contributed by atoms with Crippen molar-refractivity contribution in [2.45, 2.75) is 124 Å². The van der Waals surface area contributed by atoms with Gasteiger partial charge in [-0.3, -0.25) is 57.5 Å². The lowest BCUT2D eigenvalue weighted by Crippen LogP contribution is -2.51. The SMILES string of the molecule is COC(=O)C1=C(C(=O)OC)C2C1C1CC2[C@H](C(=O)O)[C@@H]1C(=O)O.O=C(O)C1=C(C(=O)O)C2C3CC(C4CC5OC5C43)C12.O=C(O)[C@@H]1C2C=CC(C2)[C@@H]1C(=O)O.O=C(O)[C@@H]1C2CC(C(Br)C2Br)[C@@H]1C(=O)O.O=C(O)[C@@H]1C2CC(C3CC4OC4C32)[C@@H]1C(=O)O.O=C(O)[C@@H]1C2CC(C3CCCC32)[C@@H]1C(=O)O.O=C(O)[C@@H]1C2CCC(C2)[C@@H]1C(=O)O.O=C(O)c1cc2ccccc2cc1C(=O)O. The van der Waals surface area contributed by atoms with Crippen LogP contribution in [0.3, 0.4) is 0 Å². The molecule has 21 aliphatic rings. The van der Waals surface area contributed by atoms with E-state index in [9.17, 15) is 127 Å². The van der Waals surface area contributed by atoms with Crippen molar-refractivity contribution < 1.29 is 187 Å². The lowest BCUT2D eigenvalue weighted by atomic mass is 9.56. The number of allylic oxidation sites excluding steroid dienone is 2. The van der Waals surface area contributed by atoms with Crippen LogP contribution in [0.4, 0.5) is 0 Å². The van der Waals surface area contributed by atoms with Crippen LogP contribution in [0.5, 0.6) is 0 Å². The standard InChI is InChI=1S/C15H16O8.C14H14O5.C12H14O5.C12H16O4.C12H8O4.C9H10Br2O4.C9H12O4.C9H10O4/c1-22-14(20)10-6-4-3-5(7(6)11(10)15(21)23-2)9(13(18)19)8(4)12(16)17;15-13(16)10-8-3-1-5(9(8)11(10)14(17)18)7-4(3)2-6-12(7)19-6;13-11(14)8-3-1-5(9(8)12(15)16)7-4(3)2-6-10(7)17-6;13-11(14)9-7-4-8(10(9)12(15)16)6-3-1-2-5(6)7;13-11(14)9-5-7-3-1-2-4-8(7)6-10(9)12(15)16;10-6-2-1-3(7(6)11)5(9(14)15)4(2)8(12)13;2*10-8(11)6-4-1-2-5(3-4)7(6)9(12)13/h4-9H,3H2,1-2H3,(H,16,17)(H,18,19);3-9,12H,1-2H2,(H,15,16)(H,17,18);3-10H,1-2H2,(H,13,14)(H,15,16);5-10H,1-4H2,(H,13,14)(H,15,16);1-6H,(H,13,14)(H,15,16);2-7H,1H2,(H,12,13)(H,14,15);4-7H,1-3H2,(H,10,11)(H,12,13);1-2,4-7H,3H2,(H,10,11)(H,12,13)/t4?,5?,6?,7?,8-,9+;;3?,4?,5?,6?,7?,8-,9+,10?;5?,6?,7?,8?,9-,10+;;2?,3?,4-,5+,6?,7?;2*4?,5?,6-,7+/m..0...../s1. The summed E-state index contributed by atoms with van der Waals surface area (Å²) in [6, 6.07) is 9.78. The van der Waals surface area contributed by atoms with Gasteiger partial charge in [0.1, 0.15) is 0 Å². The van der Waals surface area contributed by atoms with Crippen molar-refractivity contribution in [1.29, 1.82) is 0 Å². The van der Waals surface area contributed by atoms with Gasteiger partial charge in [-0.1, -0.05) is 74.7 Å². The molecule has 2 aliphatic heterocycles. The van der Waals surface area contributed by atoms with Crippen LogP contribution in [0.25, 0.3) is 10.8 Å². The second-order valence-corrected chi connectivity index (χ2v) is 41.7. The molecule has 40 heteroatoms. The number of halogens is 2. The first kappa shape index (κ1) is 94.5. The molecule has 14 bridgehead atoms. The van der Waals surface area contributed by atoms with Crippen molar-refractivity contribution in [3.63, 3.8) is 0 Å². The van der Waals surface area contributed by atoms with Crippen molar-refractivity contribution in [2.24, 2.45) is 213 Å². The highest BCUT2D eigenvalue weighted by atomic mass is 79.9. The Balaban J connectivity index is 0.000000111. The molecule has 0 aromatic heterocycles. The third-order valence-electron chi connectivity index (χ3n) is 34.8. The van der Waals surface area contributed by atoms with E-state index in [4.69, 9.17) is 59.8 Å². The molecule has 2 aromatic rings. The molecular weight excluding hydrogens is 1870 g/mol. The number of aromatic carboxylic acids is 2. The third kappa shape index (κ3) is 15.5. The second kappa shape index (κ2) is 35.6. The Kier molecular flexibility index (Phi) is 25.5. The van der Waals surface area contributed by atoms with Crippen molar-refractivity contribution >= 4 is 150 Å². The number of esters is 2. The lowest BCUT2D eigenvalue weighted by Gasteiger charge is -2.46. The molecule has 42 atom stereocenters. The van der Waals surface area contributed by atoms with Crippen LogP contribution in [0.15, 0.2) is 70.8 Å². The number of methoxy groups -OCH3 is 2. The van der Waals surface area contributed by atoms with Crippen molar-refractivity contribution in [3.8, 4) is 0 Å². The van der Waals surface area contributed by atoms with Crippen LogP contribution >= 0.6 is 31.9 Å². The Morgan fingerprint density at radius 3 is 0.947 bits per heavy atom. The Bertz CT molecular complexity index is 5120. The Labute approximate surface area is 766 Å². The van der Waals surface area contributed by atoms with Gasteiger partial charge in [-0.2, -0.15) is 0 Å². The van der Waals surface area contributed by atoms with Gasteiger partial charge in [0.05, 0.1) is 143 Å². The number of epoxide rings is 2. The van der Waals surface area contributed by atoms with Gasteiger partial charge in [0.15, 0.2) is 0 Å². The highest BCUT2D eigenvalue weighted by molar-refractivity contribution is 9.12. The van der Waals surface area contributed by atoms with Crippen LogP contribution in [-0.4, -0.2) is 237 Å². The van der Waals surface area contributed by atoms with Gasteiger partial charge in [0.25, 0.3) is 0 Å². The molecule has 16 N–H and O–H groups in total. The number of carboxylic acids is 16. The van der Waals surface area contributed by atoms with E-state index in [2.05, 4.69) is 31.9 Å². The maximum atomic E-state index is 12.0. The van der Waals surface area contributed by atoms with E-state index in [0.717, 1.165) is 70.6 Å². The van der Waals surface area contributed by atoms with Crippen LogP contribution in [-0.2, 0) is 95.7 Å². The number of carbonyl (C=O) groups is 18. The zero-order valence-corrected chi connectivity index (χ0v) is 73.8. The van der Waals surface area contributed by atoms with E-state index in [1.54, 1.807) is 24.3 Å². The van der Waals surface area contributed by atoms with Gasteiger partial charge in [-0.15, -0.1) is 0 Å². The predicted octanol–water partition coefficient (Wildman–Crippen LogP) is 7.79. The molecule has 38 nitrogen and oxygen atoms in total. The Morgan fingerprint density at radius 2 is 0.591 bits per heavy atom. The highest BCUT2D eigenvalue weighted by Crippen LogP contribution is 2.75. The van der Waals surface area contributed by atoms with Gasteiger partial charge in [0.2, 0.25) is 0 Å². The topological polar surface area (TPSA) is 674 Å². The Hall–Kier alpha value is -10.7. The molecule has 0 radical (unpaired) electrons. The van der Waals surface area contributed by atoms with Gasteiger partial charge in [-0.05, 0) is 225 Å². The first-order valence-electron chi connectivity index (χ1n) is 44.5. The zero-order chi connectivity index (χ0) is 95.6. The van der Waals surface area contributed by atoms with E-state index >= 15 is 0 Å². The van der Waals surface area contributed by atoms with E-state index in [1.165, 1.54) is 26.4 Å². The average Bonchev–Trinajstić information content (AvgIpc) is 1.49. The van der Waals surface area contributed by atoms with Gasteiger partial charge in [0, 0.05) is 33.3 Å². The summed E-state index contributed by atoms with van der Waals surface area (Å²) in [6.07, 6.45) is 17.3. The molecule has 2 aromatic carbocycles. The molecule has 18 fully saturated rings. The number of alkyl halides is 2. The summed E-state index contributed by atoms with van der Waals surface area (Å²) in [5.74, 6) is -24.6. The average molecular weight is 1970 g/mol. The molecular formula is C92H100Br2O38. The number of ether oxygens (including phenoxy) is 4. The molecule has 0 spiro atoms. The zero-order valence-electron chi connectivity index (χ0n) is 70.7. The van der Waals surface area contributed by atoms with E-state index in [1.807, 2.05) is 12.2 Å². The monoisotopic (exact) mass is 1970 g/mol. The van der Waals surface area contributed by atoms with Crippen LogP contribution in [0.1, 0.15) is 111 Å². The lowest BCUT2D eigenvalue weighted by molar-refractivity contribution is -0.160. The maximum Gasteiger partial charge on any atom is 0.336 e. The molecule has 2 heterocycles. The molecule has 19 aliphatic carbocycles. The molecule has 23 rings (SSSR count). The fourth-order valence-corrected chi connectivity index (χ4v) is 32.5. The second-order valence-electron chi connectivity index (χ2n) is 39.6. The molecule has 132 heavy (non-hydrogen) atoms. The number of carbonyl (C=O) groups excluding carboxylic acids is 2. The maximum absolute atomic E-state index is 12.0. The number of carboxylic acid groups (broad SMARTS) is 16. The normalized spacial score (nSPS) is 42.7. The summed E-state index contributed by atoms with van der Waals surface area (Å²) >= 11 is 6.89. The first-order chi connectivity index (χ1) is 62.4. The predicted molar refractivity (Wildman–Crippen MR) is 445 cm³/mol. The van der Waals surface area contributed by atoms with Crippen LogP contribution in [0, 0.1) is 213 Å². The van der Waals surface area contributed by atoms with Crippen molar-refractivity contribution in [2.75, 3.05) is 14.2 Å². The number of hydrogen-bond donors (Lipinski definition) is 16. The van der Waals surface area contributed by atoms with Crippen molar-refractivity contribution in [1.82, 2.24) is 0 Å². The summed E-state index contributed by atoms with van der Waals surface area (Å²) in [5.41, 5.74) is 0.300. The quantitative estimate of drug-likeness (QED) is 0.0293. The molecule has 0 amide bonds. The van der Waals surface area contributed by atoms with E-state index in [-0.39, 0.29) is 120 Å². The Morgan fingerprint density at radius 1 is 0.295 bits per heavy atom. The smallest absolute Gasteiger partial charge is 0.336 e. The molecule has 2 saturated heterocycles. The minimum Gasteiger partial charge on any atom is -0.481 e. The fraction of sp³-hybridized carbons (Fsp3) is 0.630. The summed E-state index contributed by atoms with van der Waals surface area (Å²) in [5, 5.41) is 147. The third-order valence-corrected chi connectivity index (χ3v) is 38.0. The molecule has 30 unspecified atom stereocenters. The van der Waals surface area contributed by atoms with Gasteiger partial charge < -0.3 is 101 Å². The summed E-state index contributed by atoms with van der Waals surface area (Å²) in [4.78, 5) is 202. The first-order valence-corrected chi connectivity index (χ1v) is 46.4. The highest BCUT2D eigenvalue weighted by Gasteiger charge is 2.76. The minimum absolute atomic E-state index is 0.00681. The van der Waals surface area contributed by atoms with Crippen molar-refractivity contribution in [3.05, 3.63) is 82.0 Å². The number of aliphatic carboxylic acids is 14. The number of rotatable bonds is 18. The molecule has 16 saturated carbocycles. The summed E-state index contributed by atoms with van der Waals surface area (Å²) < 4.78 is 20.5. The van der Waals surface area contributed by atoms with Gasteiger partial charge >= 0.3 is 107 Å². The summed E-state index contributed by atoms with van der Waals surface area (Å²) in [7, 11) is 2.36. The van der Waals surface area contributed by atoms with Crippen LogP contribution < -0.4 is 0 Å². The molecule has 710 valence electrons. The number of benzene rings is 2. The fourth-order valence-electron chi connectivity index (χ4n) is 30.6. The largest absolute Gasteiger partial charge is 0.481 e. The van der Waals surface area contributed by atoms with E-state index < -0.39 is 202 Å². The van der Waals surface area contributed by atoms with Gasteiger partial charge in [-0.25, -0.2) is 28.8 Å². The number of hydrogen-bond acceptors (Lipinski definition) is 22. The minimum atomic E-state index is -1.23. The summed E-state index contributed by atoms with van der Waals surface area (Å²) in [6.45, 7) is 0. The number of fused-ring (bicyclic) bond motifs is 34.